The van der Waals surface area contributed by atoms with Gasteiger partial charge in [-0.3, -0.25) is 0 Å². The van der Waals surface area contributed by atoms with Crippen LogP contribution in [0.25, 0.3) is 94.6 Å². The van der Waals surface area contributed by atoms with Crippen molar-refractivity contribution in [1.29, 1.82) is 0 Å². The second-order valence-electron chi connectivity index (χ2n) is 17.7. The van der Waals surface area contributed by atoms with Crippen LogP contribution in [-0.2, 0) is 0 Å². The third-order valence-electron chi connectivity index (χ3n) is 13.4. The van der Waals surface area contributed by atoms with Gasteiger partial charge >= 0.3 is 0 Å². The van der Waals surface area contributed by atoms with Crippen molar-refractivity contribution in [2.24, 2.45) is 0 Å². The molecule has 11 aromatic carbocycles. The molecule has 0 N–H and O–H groups in total. The molecule has 2 heteroatoms. The van der Waals surface area contributed by atoms with Crippen molar-refractivity contribution in [3.05, 3.63) is 291 Å². The topological polar surface area (TPSA) is 8.17 Å². The lowest BCUT2D eigenvalue weighted by Crippen LogP contribution is -2.09. The number of rotatable bonds is 11. The summed E-state index contributed by atoms with van der Waals surface area (Å²) in [4.78, 5) is 2.36. The van der Waals surface area contributed by atoms with Gasteiger partial charge in [-0.2, -0.15) is 0 Å². The number of para-hydroxylation sites is 1. The molecule has 0 atom stereocenters. The summed E-state index contributed by atoms with van der Waals surface area (Å²) in [6.45, 7) is 0. The first-order valence-corrected chi connectivity index (χ1v) is 24.0. The highest BCUT2D eigenvalue weighted by atomic mass is 15.1. The number of benzene rings is 11. The predicted molar refractivity (Wildman–Crippen MR) is 296 cm³/mol. The molecule has 12 aromatic rings. The highest BCUT2D eigenvalue weighted by molar-refractivity contribution is 6.07. The maximum absolute atomic E-state index is 2.42. The first-order valence-electron chi connectivity index (χ1n) is 24.0. The molecule has 0 unspecified atom stereocenters. The van der Waals surface area contributed by atoms with Gasteiger partial charge in [0.1, 0.15) is 0 Å². The molecule has 0 saturated heterocycles. The van der Waals surface area contributed by atoms with Gasteiger partial charge in [-0.15, -0.1) is 0 Å². The molecule has 0 bridgehead atoms. The van der Waals surface area contributed by atoms with E-state index in [1.807, 2.05) is 0 Å². The quantitative estimate of drug-likeness (QED) is 0.126. The molecule has 1 heterocycles. The molecular formula is C68H48N2. The second kappa shape index (κ2) is 18.8. The minimum atomic E-state index is 1.08. The van der Waals surface area contributed by atoms with Gasteiger partial charge in [-0.05, 0) is 140 Å². The van der Waals surface area contributed by atoms with Crippen LogP contribution in [0.5, 0.6) is 0 Å². The van der Waals surface area contributed by atoms with Crippen molar-refractivity contribution >= 4 is 28.0 Å². The van der Waals surface area contributed by atoms with Crippen molar-refractivity contribution in [3.63, 3.8) is 0 Å². The smallest absolute Gasteiger partial charge is 0.0619 e. The van der Waals surface area contributed by atoms with Crippen LogP contribution in [0.2, 0.25) is 0 Å². The van der Waals surface area contributed by atoms with E-state index in [0.717, 1.165) is 33.9 Å². The lowest BCUT2D eigenvalue weighted by Gasteiger charge is -2.26. The van der Waals surface area contributed by atoms with Gasteiger partial charge in [-0.25, -0.2) is 0 Å². The lowest BCUT2D eigenvalue weighted by molar-refractivity contribution is 1.13. The van der Waals surface area contributed by atoms with E-state index in [9.17, 15) is 0 Å². The van der Waals surface area contributed by atoms with Gasteiger partial charge in [-0.1, -0.05) is 218 Å². The molecular weight excluding hydrogens is 845 g/mol. The van der Waals surface area contributed by atoms with Crippen LogP contribution in [-0.4, -0.2) is 4.57 Å². The van der Waals surface area contributed by atoms with E-state index in [-0.39, 0.29) is 0 Å². The van der Waals surface area contributed by atoms with E-state index < -0.39 is 0 Å². The van der Waals surface area contributed by atoms with E-state index in [4.69, 9.17) is 0 Å². The van der Waals surface area contributed by atoms with Crippen LogP contribution in [0.15, 0.2) is 291 Å². The lowest BCUT2D eigenvalue weighted by atomic mass is 9.96. The molecule has 0 aliphatic carbocycles. The van der Waals surface area contributed by atoms with Gasteiger partial charge in [0.15, 0.2) is 0 Å². The Morgan fingerprint density at radius 1 is 0.229 bits per heavy atom. The number of hydrogen-bond donors (Lipinski definition) is 0. The molecule has 0 aliphatic rings. The van der Waals surface area contributed by atoms with Crippen molar-refractivity contribution in [3.8, 4) is 83.7 Å². The van der Waals surface area contributed by atoms with Crippen LogP contribution in [0.3, 0.4) is 0 Å². The van der Waals surface area contributed by atoms with Gasteiger partial charge in [0.2, 0.25) is 0 Å². The Kier molecular flexibility index (Phi) is 11.3. The number of hydrogen-bond acceptors (Lipinski definition) is 1. The molecule has 1 aromatic heterocycles. The molecule has 0 radical (unpaired) electrons. The number of anilines is 3. The Balaban J connectivity index is 0.940. The molecule has 12 rings (SSSR count). The average Bonchev–Trinajstić information content (AvgIpc) is 3.80. The van der Waals surface area contributed by atoms with Gasteiger partial charge < -0.3 is 9.47 Å². The highest BCUT2D eigenvalue weighted by Crippen LogP contribution is 2.45. The summed E-state index contributed by atoms with van der Waals surface area (Å²) in [5, 5.41) is 1.21. The number of aromatic nitrogens is 1. The standard InChI is InChI=1S/C68H48N2/c1-6-18-49(19-7-1)56-26-16-28-58(46-56)51-32-39-62(40-33-51)69(63-41-34-52(35-42-63)59-29-17-27-57(47-59)50-20-8-2-9-21-50)64-43-36-53(37-44-64)60-38-45-66-65(48-60)67(54-22-10-3-11-23-54)68(55-24-12-4-13-25-55)70(66)61-30-14-5-15-31-61/h1-48H. The predicted octanol–water partition coefficient (Wildman–Crippen LogP) is 18.8. The minimum absolute atomic E-state index is 1.08. The van der Waals surface area contributed by atoms with E-state index in [2.05, 4.69) is 301 Å². The summed E-state index contributed by atoms with van der Waals surface area (Å²) in [6.07, 6.45) is 0. The zero-order valence-corrected chi connectivity index (χ0v) is 38.6. The van der Waals surface area contributed by atoms with Gasteiger partial charge in [0.25, 0.3) is 0 Å². The molecule has 330 valence electrons. The fourth-order valence-corrected chi connectivity index (χ4v) is 9.96. The molecule has 70 heavy (non-hydrogen) atoms. The fourth-order valence-electron chi connectivity index (χ4n) is 9.96. The Morgan fingerprint density at radius 2 is 0.543 bits per heavy atom. The Morgan fingerprint density at radius 3 is 0.957 bits per heavy atom. The molecule has 0 amide bonds. The van der Waals surface area contributed by atoms with E-state index in [0.29, 0.717) is 0 Å². The minimum Gasteiger partial charge on any atom is -0.311 e. The van der Waals surface area contributed by atoms with Crippen LogP contribution in [0.1, 0.15) is 0 Å². The zero-order valence-electron chi connectivity index (χ0n) is 38.6. The Labute approximate surface area is 410 Å². The first-order chi connectivity index (χ1) is 34.7. The fraction of sp³-hybridized carbons (Fsp3) is 0. The molecule has 0 aliphatic heterocycles. The van der Waals surface area contributed by atoms with Crippen LogP contribution in [0.4, 0.5) is 17.1 Å². The van der Waals surface area contributed by atoms with Crippen molar-refractivity contribution in [2.45, 2.75) is 0 Å². The normalized spacial score (nSPS) is 11.1. The molecule has 0 spiro atoms. The van der Waals surface area contributed by atoms with Crippen molar-refractivity contribution in [1.82, 2.24) is 4.57 Å². The van der Waals surface area contributed by atoms with E-state index >= 15 is 0 Å². The van der Waals surface area contributed by atoms with Gasteiger partial charge in [0.05, 0.1) is 11.2 Å². The van der Waals surface area contributed by atoms with Crippen LogP contribution in [0, 0.1) is 0 Å². The summed E-state index contributed by atoms with van der Waals surface area (Å²) in [6, 6.07) is 105. The Hall–Kier alpha value is -9.24. The van der Waals surface area contributed by atoms with Crippen molar-refractivity contribution in [2.75, 3.05) is 4.90 Å². The number of nitrogens with zero attached hydrogens (tertiary/aromatic N) is 2. The maximum atomic E-state index is 2.42. The largest absolute Gasteiger partial charge is 0.311 e. The molecule has 0 saturated carbocycles. The maximum Gasteiger partial charge on any atom is 0.0619 e. The summed E-state index contributed by atoms with van der Waals surface area (Å²) in [7, 11) is 0. The van der Waals surface area contributed by atoms with Gasteiger partial charge in [0, 0.05) is 33.7 Å². The summed E-state index contributed by atoms with van der Waals surface area (Å²) in [5.74, 6) is 0. The highest BCUT2D eigenvalue weighted by Gasteiger charge is 2.22. The van der Waals surface area contributed by atoms with Crippen LogP contribution < -0.4 is 4.90 Å². The first kappa shape index (κ1) is 42.1. The Bertz CT molecular complexity index is 3570. The number of fused-ring (bicyclic) bond motifs is 1. The zero-order chi connectivity index (χ0) is 46.6. The third-order valence-corrected chi connectivity index (χ3v) is 13.4. The van der Waals surface area contributed by atoms with E-state index in [1.165, 1.54) is 77.8 Å². The third kappa shape index (κ3) is 8.29. The summed E-state index contributed by atoms with van der Waals surface area (Å²) in [5.41, 5.74) is 22.2. The molecule has 2 nitrogen and oxygen atoms in total. The second-order valence-corrected chi connectivity index (χ2v) is 17.7. The van der Waals surface area contributed by atoms with Crippen molar-refractivity contribution < 1.29 is 0 Å². The summed E-state index contributed by atoms with van der Waals surface area (Å²) >= 11 is 0. The summed E-state index contributed by atoms with van der Waals surface area (Å²) < 4.78 is 2.42. The SMILES string of the molecule is c1ccc(-c2cccc(-c3ccc(N(c4ccc(-c5cccc(-c6ccccc6)c5)cc4)c4ccc(-c5ccc6c(c5)c(-c5ccccc5)c(-c5ccccc5)n6-c5ccccc5)cc4)cc3)c2)cc1. The average molecular weight is 893 g/mol. The van der Waals surface area contributed by atoms with Crippen LogP contribution >= 0.6 is 0 Å². The molecule has 0 fully saturated rings. The monoisotopic (exact) mass is 892 g/mol. The van der Waals surface area contributed by atoms with E-state index in [1.54, 1.807) is 0 Å².